The zero-order valence-corrected chi connectivity index (χ0v) is 12.2. The summed E-state index contributed by atoms with van der Waals surface area (Å²) in [7, 11) is 0. The predicted molar refractivity (Wildman–Crippen MR) is 80.5 cm³/mol. The summed E-state index contributed by atoms with van der Waals surface area (Å²) in [5, 5.41) is 11.5. The summed E-state index contributed by atoms with van der Waals surface area (Å²) in [5.74, 6) is -0.117. The maximum atomic E-state index is 6.32. The fraction of sp³-hybridized carbons (Fsp3) is 0.0833. The van der Waals surface area contributed by atoms with Crippen molar-refractivity contribution < 1.29 is 4.68 Å². The number of benzene rings is 1. The molecule has 2 rings (SSSR count). The standard InChI is InChI=1S/C12H12Cl2N6/c1-7-10(6-17-18-12(15)16)11(14)20(19-7)9-4-2-3-8(13)5-9/h2-6H,1H3,(H4,15,16,18)/p+1/b17-6+. The number of halogens is 2. The molecule has 8 heteroatoms. The Hall–Kier alpha value is -2.05. The molecule has 0 saturated heterocycles. The smallest absolute Gasteiger partial charge is 0.315 e. The zero-order valence-electron chi connectivity index (χ0n) is 10.6. The highest BCUT2D eigenvalue weighted by molar-refractivity contribution is 6.31. The van der Waals surface area contributed by atoms with E-state index in [-0.39, 0.29) is 5.96 Å². The van der Waals surface area contributed by atoms with Crippen molar-refractivity contribution in [3.05, 3.63) is 45.7 Å². The summed E-state index contributed by atoms with van der Waals surface area (Å²) < 4.78 is 1.69. The number of nitrogens with one attached hydrogen (secondary N) is 1. The van der Waals surface area contributed by atoms with Crippen LogP contribution in [0.2, 0.25) is 10.2 Å². The monoisotopic (exact) mass is 311 g/mol. The van der Waals surface area contributed by atoms with Crippen LogP contribution in [-0.4, -0.2) is 17.3 Å². The third kappa shape index (κ3) is 3.09. The van der Waals surface area contributed by atoms with E-state index < -0.39 is 0 Å². The third-order valence-electron chi connectivity index (χ3n) is 2.53. The number of guanidine groups is 1. The summed E-state index contributed by atoms with van der Waals surface area (Å²) in [5.41, 5.74) is 12.7. The number of nitrogens with zero attached hydrogens (tertiary/aromatic N) is 3. The number of aromatic amines is 1. The molecule has 1 aromatic carbocycles. The van der Waals surface area contributed by atoms with Gasteiger partial charge in [0.2, 0.25) is 11.6 Å². The van der Waals surface area contributed by atoms with Crippen LogP contribution >= 0.6 is 23.2 Å². The van der Waals surface area contributed by atoms with Crippen molar-refractivity contribution >= 4 is 35.4 Å². The number of H-pyrrole nitrogens is 1. The van der Waals surface area contributed by atoms with Gasteiger partial charge in [0.25, 0.3) is 0 Å². The number of aryl methyl sites for hydroxylation is 1. The van der Waals surface area contributed by atoms with Gasteiger partial charge in [0.15, 0.2) is 0 Å². The Balaban J connectivity index is 2.44. The molecule has 104 valence electrons. The molecule has 0 fully saturated rings. The van der Waals surface area contributed by atoms with Gasteiger partial charge in [-0.1, -0.05) is 22.3 Å². The normalized spacial score (nSPS) is 10.9. The zero-order chi connectivity index (χ0) is 14.7. The van der Waals surface area contributed by atoms with Crippen LogP contribution in [0, 0.1) is 6.92 Å². The Morgan fingerprint density at radius 3 is 2.75 bits per heavy atom. The average Bonchev–Trinajstić information content (AvgIpc) is 2.66. The molecule has 6 nitrogen and oxygen atoms in total. The van der Waals surface area contributed by atoms with E-state index in [4.69, 9.17) is 34.7 Å². The molecule has 0 atom stereocenters. The molecule has 2 aromatic rings. The lowest BCUT2D eigenvalue weighted by molar-refractivity contribution is -0.653. The van der Waals surface area contributed by atoms with Gasteiger partial charge < -0.3 is 11.5 Å². The van der Waals surface area contributed by atoms with E-state index >= 15 is 0 Å². The summed E-state index contributed by atoms with van der Waals surface area (Å²) in [4.78, 5) is 0. The lowest BCUT2D eigenvalue weighted by Gasteiger charge is -1.92. The second-order valence-electron chi connectivity index (χ2n) is 4.03. The number of hydrogen-bond acceptors (Lipinski definition) is 2. The Morgan fingerprint density at radius 1 is 1.35 bits per heavy atom. The largest absolute Gasteiger partial charge is 0.369 e. The maximum absolute atomic E-state index is 6.32. The van der Waals surface area contributed by atoms with Crippen LogP contribution in [0.1, 0.15) is 11.3 Å². The summed E-state index contributed by atoms with van der Waals surface area (Å²) in [6, 6.07) is 7.30. The molecule has 20 heavy (non-hydrogen) atoms. The quantitative estimate of drug-likeness (QED) is 0.347. The van der Waals surface area contributed by atoms with Gasteiger partial charge in [-0.3, -0.25) is 0 Å². The van der Waals surface area contributed by atoms with Gasteiger partial charge in [-0.05, 0) is 24.6 Å². The van der Waals surface area contributed by atoms with Crippen LogP contribution in [0.4, 0.5) is 0 Å². The average molecular weight is 312 g/mol. The highest BCUT2D eigenvalue weighted by Crippen LogP contribution is 2.17. The molecule has 0 aliphatic rings. The Labute approximate surface area is 125 Å². The molecule has 0 radical (unpaired) electrons. The first-order valence-electron chi connectivity index (χ1n) is 5.67. The first kappa shape index (κ1) is 14.4. The fourth-order valence-corrected chi connectivity index (χ4v) is 2.16. The molecular formula is C12H13Cl2N6+. The Morgan fingerprint density at radius 2 is 2.10 bits per heavy atom. The van der Waals surface area contributed by atoms with Crippen molar-refractivity contribution in [2.24, 2.45) is 21.7 Å². The number of nitrogens with two attached hydrogens (primary N) is 2. The van der Waals surface area contributed by atoms with Crippen LogP contribution in [0.5, 0.6) is 0 Å². The van der Waals surface area contributed by atoms with E-state index in [1.807, 2.05) is 19.1 Å². The molecule has 0 aliphatic carbocycles. The predicted octanol–water partition coefficient (Wildman–Crippen LogP) is 1.51. The van der Waals surface area contributed by atoms with Crippen molar-refractivity contribution in [2.45, 2.75) is 6.92 Å². The van der Waals surface area contributed by atoms with E-state index in [0.29, 0.717) is 15.7 Å². The molecule has 5 N–H and O–H groups in total. The number of rotatable bonds is 3. The first-order chi connectivity index (χ1) is 9.49. The molecule has 1 aromatic heterocycles. The maximum Gasteiger partial charge on any atom is 0.315 e. The van der Waals surface area contributed by atoms with E-state index in [9.17, 15) is 0 Å². The fourth-order valence-electron chi connectivity index (χ4n) is 1.65. The van der Waals surface area contributed by atoms with Gasteiger partial charge in [-0.25, -0.2) is 0 Å². The minimum absolute atomic E-state index is 0.117. The van der Waals surface area contributed by atoms with E-state index in [1.165, 1.54) is 6.21 Å². The topological polar surface area (TPSA) is 96.4 Å². The van der Waals surface area contributed by atoms with Crippen LogP contribution < -0.4 is 16.1 Å². The van der Waals surface area contributed by atoms with Gasteiger partial charge in [0, 0.05) is 17.2 Å². The summed E-state index contributed by atoms with van der Waals surface area (Å²) >= 11 is 12.3. The highest BCUT2D eigenvalue weighted by atomic mass is 35.5. The number of aromatic nitrogens is 2. The minimum Gasteiger partial charge on any atom is -0.369 e. The van der Waals surface area contributed by atoms with Gasteiger partial charge in [-0.15, -0.1) is 5.10 Å². The van der Waals surface area contributed by atoms with Gasteiger partial charge in [-0.2, -0.15) is 10.2 Å². The van der Waals surface area contributed by atoms with Crippen molar-refractivity contribution in [2.75, 3.05) is 0 Å². The van der Waals surface area contributed by atoms with Gasteiger partial charge in [0.1, 0.15) is 5.56 Å². The van der Waals surface area contributed by atoms with Gasteiger partial charge >= 0.3 is 5.15 Å². The van der Waals surface area contributed by atoms with Crippen molar-refractivity contribution in [3.8, 4) is 5.69 Å². The van der Waals surface area contributed by atoms with Gasteiger partial charge in [0.05, 0.1) is 11.9 Å². The molecular weight excluding hydrogens is 299 g/mol. The second-order valence-corrected chi connectivity index (χ2v) is 4.82. The minimum atomic E-state index is -0.117. The Kier molecular flexibility index (Phi) is 4.26. The SMILES string of the molecule is Cc1[nH][n+](-c2cccc(Cl)c2)c(Cl)c1/C=N/N=C(N)N. The van der Waals surface area contributed by atoms with Crippen molar-refractivity contribution in [3.63, 3.8) is 0 Å². The molecule has 0 bridgehead atoms. The Bertz CT molecular complexity index is 685. The molecule has 0 saturated carbocycles. The lowest BCUT2D eigenvalue weighted by Crippen LogP contribution is -2.33. The molecule has 0 amide bonds. The molecule has 1 heterocycles. The second kappa shape index (κ2) is 5.94. The van der Waals surface area contributed by atoms with E-state index in [1.54, 1.807) is 16.8 Å². The molecule has 0 spiro atoms. The van der Waals surface area contributed by atoms with Crippen molar-refractivity contribution in [1.29, 1.82) is 0 Å². The first-order valence-corrected chi connectivity index (χ1v) is 6.42. The number of hydrogen-bond donors (Lipinski definition) is 3. The summed E-state index contributed by atoms with van der Waals surface area (Å²) in [6.45, 7) is 1.86. The molecule has 0 aliphatic heterocycles. The lowest BCUT2D eigenvalue weighted by atomic mass is 10.3. The van der Waals surface area contributed by atoms with E-state index in [0.717, 1.165) is 11.4 Å². The van der Waals surface area contributed by atoms with Crippen LogP contribution in [0.3, 0.4) is 0 Å². The highest BCUT2D eigenvalue weighted by Gasteiger charge is 2.22. The summed E-state index contributed by atoms with van der Waals surface area (Å²) in [6.07, 6.45) is 1.48. The van der Waals surface area contributed by atoms with Crippen molar-refractivity contribution in [1.82, 2.24) is 5.10 Å². The molecule has 0 unspecified atom stereocenters. The van der Waals surface area contributed by atoms with Crippen LogP contribution in [0.15, 0.2) is 34.5 Å². The van der Waals surface area contributed by atoms with Crippen LogP contribution in [-0.2, 0) is 0 Å². The third-order valence-corrected chi connectivity index (χ3v) is 3.14. The van der Waals surface area contributed by atoms with Crippen LogP contribution in [0.25, 0.3) is 5.69 Å². The van der Waals surface area contributed by atoms with E-state index in [2.05, 4.69) is 15.3 Å².